The maximum Gasteiger partial charge on any atom is 0.0990 e. The second-order valence-corrected chi connectivity index (χ2v) is 6.32. The van der Waals surface area contributed by atoms with E-state index in [9.17, 15) is 5.11 Å². The second kappa shape index (κ2) is 5.59. The third-order valence-corrected chi connectivity index (χ3v) is 4.91. The van der Waals surface area contributed by atoms with Gasteiger partial charge in [-0.3, -0.25) is 4.98 Å². The van der Waals surface area contributed by atoms with Crippen LogP contribution < -0.4 is 0 Å². The highest BCUT2D eigenvalue weighted by Gasteiger charge is 2.43. The van der Waals surface area contributed by atoms with Crippen LogP contribution in [0.15, 0.2) is 18.5 Å². The number of aliphatic hydroxyl groups is 1. The summed E-state index contributed by atoms with van der Waals surface area (Å²) in [6.07, 6.45) is 7.64. The fraction of sp³-hybridized carbons (Fsp3) is 0.688. The smallest absolute Gasteiger partial charge is 0.0990 e. The largest absolute Gasteiger partial charge is 0.386 e. The number of pyridine rings is 1. The number of aliphatic hydroxyl groups excluding tert-OH is 1. The Balaban J connectivity index is 2.32. The first-order valence-electron chi connectivity index (χ1n) is 7.23. The zero-order valence-corrected chi connectivity index (χ0v) is 12.6. The van der Waals surface area contributed by atoms with Crippen LogP contribution in [-0.4, -0.2) is 34.6 Å². The molecule has 1 aromatic heterocycles. The maximum atomic E-state index is 11.0. The minimum atomic E-state index is -0.455. The number of aryl methyl sites for hydroxylation is 1. The molecule has 19 heavy (non-hydrogen) atoms. The number of nitrogens with zero attached hydrogens (tertiary/aromatic N) is 2. The fourth-order valence-electron chi connectivity index (χ4n) is 3.28. The molecule has 106 valence electrons. The fourth-order valence-corrected chi connectivity index (χ4v) is 3.28. The normalized spacial score (nSPS) is 29.5. The quantitative estimate of drug-likeness (QED) is 0.910. The van der Waals surface area contributed by atoms with Crippen molar-refractivity contribution in [3.8, 4) is 0 Å². The second-order valence-electron chi connectivity index (χ2n) is 6.32. The van der Waals surface area contributed by atoms with Gasteiger partial charge in [0.15, 0.2) is 0 Å². The van der Waals surface area contributed by atoms with E-state index < -0.39 is 6.10 Å². The van der Waals surface area contributed by atoms with Gasteiger partial charge in [-0.15, -0.1) is 0 Å². The molecule has 1 unspecified atom stereocenters. The lowest BCUT2D eigenvalue weighted by molar-refractivity contribution is -0.0412. The molecule has 0 saturated heterocycles. The van der Waals surface area contributed by atoms with Crippen molar-refractivity contribution in [3.63, 3.8) is 0 Å². The van der Waals surface area contributed by atoms with E-state index in [1.54, 1.807) is 6.20 Å². The lowest BCUT2D eigenvalue weighted by atomic mass is 9.71. The summed E-state index contributed by atoms with van der Waals surface area (Å²) in [5, 5.41) is 11.0. The molecule has 1 atom stereocenters. The van der Waals surface area contributed by atoms with Crippen molar-refractivity contribution in [3.05, 3.63) is 29.6 Å². The summed E-state index contributed by atoms with van der Waals surface area (Å²) in [5.41, 5.74) is 1.97. The monoisotopic (exact) mass is 262 g/mol. The molecule has 0 radical (unpaired) electrons. The van der Waals surface area contributed by atoms with Crippen LogP contribution >= 0.6 is 0 Å². The van der Waals surface area contributed by atoms with E-state index >= 15 is 0 Å². The zero-order chi connectivity index (χ0) is 14.0. The van der Waals surface area contributed by atoms with E-state index in [-0.39, 0.29) is 5.54 Å². The average Bonchev–Trinajstić information content (AvgIpc) is 2.39. The van der Waals surface area contributed by atoms with Crippen molar-refractivity contribution in [2.24, 2.45) is 5.92 Å². The Morgan fingerprint density at radius 1 is 1.37 bits per heavy atom. The van der Waals surface area contributed by atoms with Gasteiger partial charge in [0, 0.05) is 18.0 Å². The Morgan fingerprint density at radius 2 is 2.00 bits per heavy atom. The molecule has 3 nitrogen and oxygen atoms in total. The summed E-state index contributed by atoms with van der Waals surface area (Å²) in [6.45, 7) is 4.36. The molecule has 1 aliphatic rings. The van der Waals surface area contributed by atoms with E-state index in [0.29, 0.717) is 0 Å². The van der Waals surface area contributed by atoms with Crippen LogP contribution in [0.5, 0.6) is 0 Å². The molecule has 0 bridgehead atoms. The standard InChI is InChI=1S/C16H26N2O/c1-12-5-8-16(9-6-12,18(3)4)15(19)14-11-17-10-7-13(14)2/h7,10-12,15,19H,5-6,8-9H2,1-4H3. The van der Waals surface area contributed by atoms with Crippen LogP contribution in [0.2, 0.25) is 0 Å². The van der Waals surface area contributed by atoms with Crippen LogP contribution in [0, 0.1) is 12.8 Å². The predicted octanol–water partition coefficient (Wildman–Crippen LogP) is 2.93. The van der Waals surface area contributed by atoms with Crippen molar-refractivity contribution in [1.82, 2.24) is 9.88 Å². The molecule has 2 rings (SSSR count). The molecule has 1 fully saturated rings. The molecule has 0 aromatic carbocycles. The summed E-state index contributed by atoms with van der Waals surface area (Å²) in [7, 11) is 4.18. The van der Waals surface area contributed by atoms with Crippen molar-refractivity contribution in [2.45, 2.75) is 51.2 Å². The molecule has 3 heteroatoms. The predicted molar refractivity (Wildman–Crippen MR) is 78.0 cm³/mol. The number of rotatable bonds is 3. The van der Waals surface area contributed by atoms with E-state index in [2.05, 4.69) is 37.8 Å². The van der Waals surface area contributed by atoms with E-state index in [1.165, 1.54) is 12.8 Å². The van der Waals surface area contributed by atoms with Gasteiger partial charge >= 0.3 is 0 Å². The Kier molecular flexibility index (Phi) is 4.26. The van der Waals surface area contributed by atoms with E-state index in [4.69, 9.17) is 0 Å². The number of likely N-dealkylation sites (N-methyl/N-ethyl adjacent to an activating group) is 1. The maximum absolute atomic E-state index is 11.0. The van der Waals surface area contributed by atoms with Crippen molar-refractivity contribution < 1.29 is 5.11 Å². The summed E-state index contributed by atoms with van der Waals surface area (Å²) >= 11 is 0. The van der Waals surface area contributed by atoms with Gasteiger partial charge in [-0.05, 0) is 64.3 Å². The van der Waals surface area contributed by atoms with Gasteiger partial charge < -0.3 is 10.0 Å². The lowest BCUT2D eigenvalue weighted by Gasteiger charge is -2.48. The van der Waals surface area contributed by atoms with Crippen LogP contribution in [-0.2, 0) is 0 Å². The molecule has 1 N–H and O–H groups in total. The van der Waals surface area contributed by atoms with Crippen LogP contribution in [0.3, 0.4) is 0 Å². The highest BCUT2D eigenvalue weighted by molar-refractivity contribution is 5.27. The lowest BCUT2D eigenvalue weighted by Crippen LogP contribution is -2.51. The minimum Gasteiger partial charge on any atom is -0.386 e. The summed E-state index contributed by atoms with van der Waals surface area (Å²) in [6, 6.07) is 1.98. The summed E-state index contributed by atoms with van der Waals surface area (Å²) in [5.74, 6) is 0.773. The molecule has 1 aromatic rings. The number of hydrogen-bond acceptors (Lipinski definition) is 3. The Morgan fingerprint density at radius 3 is 2.53 bits per heavy atom. The first-order chi connectivity index (χ1) is 8.97. The summed E-state index contributed by atoms with van der Waals surface area (Å²) in [4.78, 5) is 6.41. The molecule has 1 heterocycles. The highest BCUT2D eigenvalue weighted by atomic mass is 16.3. The van der Waals surface area contributed by atoms with Crippen molar-refractivity contribution in [2.75, 3.05) is 14.1 Å². The van der Waals surface area contributed by atoms with Gasteiger partial charge in [-0.25, -0.2) is 0 Å². The third kappa shape index (κ3) is 2.67. The topological polar surface area (TPSA) is 36.4 Å². The number of aromatic nitrogens is 1. The Labute approximate surface area is 116 Å². The third-order valence-electron chi connectivity index (χ3n) is 4.91. The Bertz CT molecular complexity index is 423. The SMILES string of the molecule is Cc1ccncc1C(O)C1(N(C)C)CCC(C)CC1. The first kappa shape index (κ1) is 14.5. The van der Waals surface area contributed by atoms with Crippen LogP contribution in [0.1, 0.15) is 49.8 Å². The average molecular weight is 262 g/mol. The molecular formula is C16H26N2O. The van der Waals surface area contributed by atoms with Gasteiger partial charge in [-0.1, -0.05) is 6.92 Å². The van der Waals surface area contributed by atoms with Crippen LogP contribution in [0.4, 0.5) is 0 Å². The molecule has 1 aliphatic carbocycles. The summed E-state index contributed by atoms with van der Waals surface area (Å²) < 4.78 is 0. The highest BCUT2D eigenvalue weighted by Crippen LogP contribution is 2.43. The molecule has 0 amide bonds. The molecule has 1 saturated carbocycles. The van der Waals surface area contributed by atoms with E-state index in [1.807, 2.05) is 12.3 Å². The van der Waals surface area contributed by atoms with Gasteiger partial charge in [0.2, 0.25) is 0 Å². The zero-order valence-electron chi connectivity index (χ0n) is 12.6. The van der Waals surface area contributed by atoms with Crippen molar-refractivity contribution >= 4 is 0 Å². The van der Waals surface area contributed by atoms with Gasteiger partial charge in [-0.2, -0.15) is 0 Å². The molecular weight excluding hydrogens is 236 g/mol. The van der Waals surface area contributed by atoms with Crippen LogP contribution in [0.25, 0.3) is 0 Å². The van der Waals surface area contributed by atoms with E-state index in [0.717, 1.165) is 29.9 Å². The molecule has 0 spiro atoms. The molecule has 0 aliphatic heterocycles. The Hall–Kier alpha value is -0.930. The minimum absolute atomic E-state index is 0.139. The first-order valence-corrected chi connectivity index (χ1v) is 7.23. The van der Waals surface area contributed by atoms with Gasteiger partial charge in [0.05, 0.1) is 11.6 Å². The van der Waals surface area contributed by atoms with Gasteiger partial charge in [0.25, 0.3) is 0 Å². The van der Waals surface area contributed by atoms with Gasteiger partial charge in [0.1, 0.15) is 0 Å². The van der Waals surface area contributed by atoms with Crippen molar-refractivity contribution in [1.29, 1.82) is 0 Å². The number of hydrogen-bond donors (Lipinski definition) is 1.